The van der Waals surface area contributed by atoms with Crippen LogP contribution in [0.4, 0.5) is 13.6 Å². The molecule has 0 radical (unpaired) electrons. The van der Waals surface area contributed by atoms with E-state index in [9.17, 15) is 18.7 Å². The second-order valence-electron chi connectivity index (χ2n) is 3.84. The molecule has 1 aromatic rings. The minimum Gasteiger partial charge on any atom is -0.508 e. The summed E-state index contributed by atoms with van der Waals surface area (Å²) in [5, 5.41) is 11.6. The third-order valence-electron chi connectivity index (χ3n) is 2.63. The number of amides is 1. The van der Waals surface area contributed by atoms with Gasteiger partial charge in [0.1, 0.15) is 17.5 Å². The van der Waals surface area contributed by atoms with Gasteiger partial charge in [0.2, 0.25) is 0 Å². The lowest BCUT2D eigenvalue weighted by molar-refractivity contribution is -0.104. The van der Waals surface area contributed by atoms with Crippen molar-refractivity contribution in [1.29, 1.82) is 0 Å². The molecule has 1 fully saturated rings. The van der Waals surface area contributed by atoms with Crippen LogP contribution in [0.1, 0.15) is 11.6 Å². The summed E-state index contributed by atoms with van der Waals surface area (Å²) < 4.78 is 36.4. The fourth-order valence-corrected chi connectivity index (χ4v) is 1.71. The predicted molar refractivity (Wildman–Crippen MR) is 56.8 cm³/mol. The van der Waals surface area contributed by atoms with Crippen LogP contribution >= 0.6 is 0 Å². The fourth-order valence-electron chi connectivity index (χ4n) is 1.71. The Kier molecular flexibility index (Phi) is 2.98. The number of cyclic esters (lactones) is 1. The number of hydrogen-bond donors (Lipinski definition) is 2. The molecule has 7 heteroatoms. The zero-order valence-corrected chi connectivity index (χ0v) is 9.44. The van der Waals surface area contributed by atoms with Crippen LogP contribution in [0.15, 0.2) is 18.2 Å². The summed E-state index contributed by atoms with van der Waals surface area (Å²) in [7, 11) is 1.37. The van der Waals surface area contributed by atoms with Gasteiger partial charge in [-0.3, -0.25) is 0 Å². The van der Waals surface area contributed by atoms with Gasteiger partial charge in [-0.05, 0) is 18.2 Å². The molecule has 18 heavy (non-hydrogen) atoms. The van der Waals surface area contributed by atoms with Crippen molar-refractivity contribution in [3.63, 3.8) is 0 Å². The number of aromatic hydroxyl groups is 1. The summed E-state index contributed by atoms with van der Waals surface area (Å²) in [6.07, 6.45) is -0.951. The van der Waals surface area contributed by atoms with Crippen molar-refractivity contribution in [2.24, 2.45) is 0 Å². The Balaban J connectivity index is 2.42. The van der Waals surface area contributed by atoms with Crippen molar-refractivity contribution < 1.29 is 28.2 Å². The molecule has 98 valence electrons. The van der Waals surface area contributed by atoms with Gasteiger partial charge >= 0.3 is 12.0 Å². The zero-order valence-electron chi connectivity index (χ0n) is 9.44. The van der Waals surface area contributed by atoms with Gasteiger partial charge in [-0.25, -0.2) is 13.6 Å². The number of methoxy groups -OCH3 is 1. The summed E-state index contributed by atoms with van der Waals surface area (Å²) >= 11 is 0. The number of nitrogens with one attached hydrogen (secondary N) is 1. The summed E-state index contributed by atoms with van der Waals surface area (Å²) in [6.45, 7) is -1.03. The summed E-state index contributed by atoms with van der Waals surface area (Å²) in [5.41, 5.74) is -0.115. The quantitative estimate of drug-likeness (QED) is 0.850. The molecule has 0 saturated carbocycles. The molecule has 1 amide bonds. The molecule has 2 rings (SSSR count). The smallest absolute Gasteiger partial charge is 0.408 e. The topological polar surface area (TPSA) is 67.8 Å². The maximum Gasteiger partial charge on any atom is 0.408 e. The molecule has 0 aromatic heterocycles. The lowest BCUT2D eigenvalue weighted by Gasteiger charge is -2.32. The van der Waals surface area contributed by atoms with Crippen molar-refractivity contribution in [1.82, 2.24) is 5.32 Å². The second kappa shape index (κ2) is 4.32. The van der Waals surface area contributed by atoms with Crippen LogP contribution in [-0.2, 0) is 4.74 Å². The molecule has 1 aromatic carbocycles. The van der Waals surface area contributed by atoms with E-state index in [1.165, 1.54) is 25.3 Å². The van der Waals surface area contributed by atoms with E-state index in [-0.39, 0.29) is 11.3 Å². The number of carbonyl (C=O) groups is 1. The van der Waals surface area contributed by atoms with Crippen LogP contribution < -0.4 is 10.1 Å². The molecule has 1 heterocycles. The molecule has 0 unspecified atom stereocenters. The molecule has 5 nitrogen and oxygen atoms in total. The molecule has 0 aliphatic carbocycles. The van der Waals surface area contributed by atoms with E-state index in [1.807, 2.05) is 5.32 Å². The molecule has 0 bridgehead atoms. The highest BCUT2D eigenvalue weighted by atomic mass is 19.3. The number of halogens is 2. The average molecular weight is 259 g/mol. The standard InChI is InChI=1S/C11H11F2NO4/c1-17-6-2-3-8(15)7(4-6)9-11(12,13)5-18-10(16)14-9/h2-4,9,15H,5H2,1H3,(H,14,16)/t9-/m1/s1. The van der Waals surface area contributed by atoms with Crippen molar-refractivity contribution in [2.45, 2.75) is 12.0 Å². The molecule has 1 aliphatic heterocycles. The lowest BCUT2D eigenvalue weighted by Crippen LogP contribution is -2.49. The largest absolute Gasteiger partial charge is 0.508 e. The van der Waals surface area contributed by atoms with Crippen LogP contribution in [0.25, 0.3) is 0 Å². The van der Waals surface area contributed by atoms with Crippen LogP contribution in [0, 0.1) is 0 Å². The highest BCUT2D eigenvalue weighted by Crippen LogP contribution is 2.39. The Bertz CT molecular complexity index is 478. The Morgan fingerprint density at radius 1 is 1.56 bits per heavy atom. The third-order valence-corrected chi connectivity index (χ3v) is 2.63. The lowest BCUT2D eigenvalue weighted by atomic mass is 9.99. The first-order valence-corrected chi connectivity index (χ1v) is 5.12. The first-order valence-electron chi connectivity index (χ1n) is 5.12. The van der Waals surface area contributed by atoms with Gasteiger partial charge in [-0.2, -0.15) is 0 Å². The van der Waals surface area contributed by atoms with Crippen LogP contribution in [0.5, 0.6) is 11.5 Å². The zero-order chi connectivity index (χ0) is 13.3. The van der Waals surface area contributed by atoms with Crippen molar-refractivity contribution in [3.8, 4) is 11.5 Å². The minimum absolute atomic E-state index is 0.115. The molecular weight excluding hydrogens is 248 g/mol. The number of phenols is 1. The van der Waals surface area contributed by atoms with Gasteiger partial charge in [0.15, 0.2) is 6.61 Å². The molecule has 1 aliphatic rings. The Labute approximate surface area is 101 Å². The van der Waals surface area contributed by atoms with Crippen molar-refractivity contribution in [2.75, 3.05) is 13.7 Å². The van der Waals surface area contributed by atoms with Gasteiger partial charge in [-0.15, -0.1) is 0 Å². The van der Waals surface area contributed by atoms with E-state index >= 15 is 0 Å². The van der Waals surface area contributed by atoms with Gasteiger partial charge in [0.05, 0.1) is 7.11 Å². The molecule has 1 atom stereocenters. The average Bonchev–Trinajstić information content (AvgIpc) is 2.33. The van der Waals surface area contributed by atoms with Crippen molar-refractivity contribution >= 4 is 6.09 Å². The maximum absolute atomic E-state index is 13.7. The van der Waals surface area contributed by atoms with Gasteiger partial charge in [0, 0.05) is 5.56 Å². The highest BCUT2D eigenvalue weighted by Gasteiger charge is 2.47. The van der Waals surface area contributed by atoms with E-state index in [0.29, 0.717) is 5.75 Å². The number of phenolic OH excluding ortho intramolecular Hbond substituents is 1. The summed E-state index contributed by atoms with van der Waals surface area (Å²) in [6, 6.07) is 2.26. The SMILES string of the molecule is COc1ccc(O)c([C@H]2NC(=O)OCC2(F)F)c1. The predicted octanol–water partition coefficient (Wildman–Crippen LogP) is 1.82. The minimum atomic E-state index is -3.31. The number of ether oxygens (including phenoxy) is 2. The number of benzene rings is 1. The van der Waals surface area contributed by atoms with E-state index in [2.05, 4.69) is 4.74 Å². The van der Waals surface area contributed by atoms with Gasteiger partial charge < -0.3 is 19.9 Å². The first kappa shape index (κ1) is 12.4. The molecular formula is C11H11F2NO4. The second-order valence-corrected chi connectivity index (χ2v) is 3.84. The first-order chi connectivity index (χ1) is 8.44. The number of hydrogen-bond acceptors (Lipinski definition) is 4. The molecule has 1 saturated heterocycles. The van der Waals surface area contributed by atoms with Gasteiger partial charge in [-0.1, -0.05) is 0 Å². The Hall–Kier alpha value is -2.05. The number of alkyl carbamates (subject to hydrolysis) is 1. The number of carbonyl (C=O) groups excluding carboxylic acids is 1. The van der Waals surface area contributed by atoms with Crippen molar-refractivity contribution in [3.05, 3.63) is 23.8 Å². The van der Waals surface area contributed by atoms with Crippen LogP contribution in [0.3, 0.4) is 0 Å². The fraction of sp³-hybridized carbons (Fsp3) is 0.364. The van der Waals surface area contributed by atoms with Crippen LogP contribution in [0.2, 0.25) is 0 Å². The van der Waals surface area contributed by atoms with Gasteiger partial charge in [0.25, 0.3) is 0 Å². The normalized spacial score (nSPS) is 21.9. The Morgan fingerprint density at radius 2 is 2.28 bits per heavy atom. The molecule has 0 spiro atoms. The molecule has 2 N–H and O–H groups in total. The number of alkyl halides is 2. The summed E-state index contributed by atoms with van der Waals surface area (Å²) in [5.74, 6) is -3.35. The van der Waals surface area contributed by atoms with E-state index in [4.69, 9.17) is 4.74 Å². The van der Waals surface area contributed by atoms with Crippen LogP contribution in [-0.4, -0.2) is 30.8 Å². The van der Waals surface area contributed by atoms with E-state index < -0.39 is 24.7 Å². The monoisotopic (exact) mass is 259 g/mol. The Morgan fingerprint density at radius 3 is 2.94 bits per heavy atom. The van der Waals surface area contributed by atoms with E-state index in [0.717, 1.165) is 0 Å². The van der Waals surface area contributed by atoms with E-state index in [1.54, 1.807) is 0 Å². The highest BCUT2D eigenvalue weighted by molar-refractivity contribution is 5.69. The number of rotatable bonds is 2. The maximum atomic E-state index is 13.7. The third kappa shape index (κ3) is 2.15. The summed E-state index contributed by atoms with van der Waals surface area (Å²) in [4.78, 5) is 11.0.